The molecule has 0 aromatic carbocycles. The zero-order valence-corrected chi connectivity index (χ0v) is 4.10. The van der Waals surface area contributed by atoms with Crippen molar-refractivity contribution in [3.05, 3.63) is 0 Å². The van der Waals surface area contributed by atoms with Gasteiger partial charge in [-0.3, -0.25) is 5.50 Å². The maximum atomic E-state index is 4.81. The zero-order chi connectivity index (χ0) is 3.41. The Balaban J connectivity index is 2.55. The highest BCUT2D eigenvalue weighted by Gasteiger charge is 1.33. The molecule has 0 heterocycles. The molecule has 4 heteroatoms. The van der Waals surface area contributed by atoms with Crippen LogP contribution in [0.2, 0.25) is 0 Å². The van der Waals surface area contributed by atoms with E-state index < -0.39 is 0 Å². The highest BCUT2D eigenvalue weighted by Crippen LogP contribution is 1.89. The van der Waals surface area contributed by atoms with Crippen LogP contribution in [0.5, 0.6) is 0 Å². The second-order valence-electron chi connectivity index (χ2n) is 0.231. The van der Waals surface area contributed by atoms with E-state index in [0.717, 1.165) is 0 Å². The van der Waals surface area contributed by atoms with Crippen molar-refractivity contribution < 1.29 is 0 Å². The third kappa shape index (κ3) is 2.49. The fourth-order valence-corrected chi connectivity index (χ4v) is 0. The van der Waals surface area contributed by atoms with Gasteiger partial charge in [0.1, 0.15) is 0 Å². The van der Waals surface area contributed by atoms with Crippen LogP contribution in [0.25, 0.3) is 0 Å². The Morgan fingerprint density at radius 1 is 2.00 bits per heavy atom. The van der Waals surface area contributed by atoms with Crippen LogP contribution in [0.4, 0.5) is 0 Å². The Morgan fingerprint density at radius 2 is 2.25 bits per heavy atom. The molecule has 0 aliphatic heterocycles. The van der Waals surface area contributed by atoms with E-state index in [2.05, 4.69) is 13.9 Å². The number of nitrogens with zero attached hydrogens (tertiary/aromatic N) is 1. The van der Waals surface area contributed by atoms with Gasteiger partial charge in [-0.1, -0.05) is 0 Å². The van der Waals surface area contributed by atoms with Crippen LogP contribution in [0.1, 0.15) is 0 Å². The Morgan fingerprint density at radius 3 is 2.25 bits per heavy atom. The Kier molecular flexibility index (Phi) is 3.92. The van der Waals surface area contributed by atoms with Crippen LogP contribution < -0.4 is 5.50 Å². The Hall–Kier alpha value is 0.490. The Labute approximate surface area is 29.0 Å². The average Bonchev–Trinajstić information content (AvgIpc) is 1.37. The van der Waals surface area contributed by atoms with E-state index in [-0.39, 0.29) is 0 Å². The topological polar surface area (TPSA) is 38.4 Å². The SMILES string of the molecule is NP=NP. The van der Waals surface area contributed by atoms with Gasteiger partial charge < -0.3 is 0 Å². The van der Waals surface area contributed by atoms with Gasteiger partial charge in [-0.05, 0) is 9.39 Å². The summed E-state index contributed by atoms with van der Waals surface area (Å²) in [6, 6.07) is 0. The van der Waals surface area contributed by atoms with Crippen molar-refractivity contribution in [2.24, 2.45) is 10.0 Å². The van der Waals surface area contributed by atoms with E-state index in [1.54, 1.807) is 0 Å². The predicted octanol–water partition coefficient (Wildman–Crippen LogP) is 0.780. The number of rotatable bonds is 0. The molecule has 0 saturated heterocycles. The fraction of sp³-hybridized carbons (Fsp3) is 0. The summed E-state index contributed by atoms with van der Waals surface area (Å²) in [5.41, 5.74) is 4.81. The summed E-state index contributed by atoms with van der Waals surface area (Å²) in [5, 5.41) is 0. The fourth-order valence-electron chi connectivity index (χ4n) is 0. The monoisotopic (exact) mass is 94.0 g/mol. The van der Waals surface area contributed by atoms with Crippen LogP contribution in [-0.2, 0) is 0 Å². The maximum absolute atomic E-state index is 4.81. The molecule has 24 valence electrons. The van der Waals surface area contributed by atoms with Gasteiger partial charge in [0, 0.05) is 0 Å². The van der Waals surface area contributed by atoms with Gasteiger partial charge in [0.15, 0.2) is 0 Å². The quantitative estimate of drug-likeness (QED) is 0.442. The predicted molar refractivity (Wildman–Crippen MR) is 23.2 cm³/mol. The summed E-state index contributed by atoms with van der Waals surface area (Å²) < 4.78 is 3.40. The molecule has 1 atom stereocenters. The molecule has 0 saturated carbocycles. The minimum atomic E-state index is 0.586. The molecule has 0 aromatic rings. The van der Waals surface area contributed by atoms with E-state index in [0.29, 0.717) is 8.52 Å². The third-order valence-electron chi connectivity index (χ3n) is 0.0667. The first kappa shape index (κ1) is 4.49. The summed E-state index contributed by atoms with van der Waals surface area (Å²) in [4.78, 5) is 0. The minimum Gasteiger partial charge on any atom is -0.269 e. The minimum absolute atomic E-state index is 0.586. The van der Waals surface area contributed by atoms with Crippen LogP contribution >= 0.6 is 17.9 Å². The van der Waals surface area contributed by atoms with Crippen LogP contribution in [-0.4, -0.2) is 0 Å². The van der Waals surface area contributed by atoms with Gasteiger partial charge in [0.2, 0.25) is 0 Å². The summed E-state index contributed by atoms with van der Waals surface area (Å²) >= 11 is 0. The molecular weight excluding hydrogens is 90.0 g/mol. The molecule has 0 fully saturated rings. The van der Waals surface area contributed by atoms with E-state index in [4.69, 9.17) is 5.50 Å². The van der Waals surface area contributed by atoms with Crippen molar-refractivity contribution in [3.63, 3.8) is 0 Å². The number of hydrogen-bond donors (Lipinski definition) is 1. The van der Waals surface area contributed by atoms with Crippen LogP contribution in [0.3, 0.4) is 0 Å². The second-order valence-corrected chi connectivity index (χ2v) is 1.39. The van der Waals surface area contributed by atoms with Gasteiger partial charge in [0.25, 0.3) is 0 Å². The summed E-state index contributed by atoms with van der Waals surface area (Å²) in [5.74, 6) is 0. The Bertz CT molecular complexity index is 19.2. The number of hydrogen-bond acceptors (Lipinski definition) is 1. The van der Waals surface area contributed by atoms with Crippen LogP contribution in [0, 0.1) is 0 Å². The van der Waals surface area contributed by atoms with E-state index in [1.165, 1.54) is 0 Å². The van der Waals surface area contributed by atoms with E-state index in [1.807, 2.05) is 0 Å². The van der Waals surface area contributed by atoms with E-state index >= 15 is 0 Å². The standard InChI is InChI=1S/H4N2P2/c1-4-2-3/h3H2,(H2,1,2). The summed E-state index contributed by atoms with van der Waals surface area (Å²) in [6.07, 6.45) is 0. The lowest BCUT2D eigenvalue weighted by atomic mass is 13.9. The molecular formula is H4N2P2. The molecule has 0 radical (unpaired) electrons. The van der Waals surface area contributed by atoms with E-state index in [9.17, 15) is 0 Å². The first-order valence-electron chi connectivity index (χ1n) is 0.716. The van der Waals surface area contributed by atoms with Gasteiger partial charge in [-0.2, -0.15) is 0 Å². The normalized spacial score (nSPS) is 9.50. The average molecular weight is 94.0 g/mol. The molecule has 0 spiro atoms. The van der Waals surface area contributed by atoms with Gasteiger partial charge >= 0.3 is 0 Å². The van der Waals surface area contributed by atoms with Crippen molar-refractivity contribution >= 4 is 17.9 Å². The lowest BCUT2D eigenvalue weighted by Crippen LogP contribution is -1.52. The van der Waals surface area contributed by atoms with Gasteiger partial charge in [0.05, 0.1) is 8.52 Å². The molecule has 0 aliphatic rings. The molecule has 0 aliphatic carbocycles. The van der Waals surface area contributed by atoms with Crippen molar-refractivity contribution in [1.82, 2.24) is 0 Å². The van der Waals surface area contributed by atoms with Crippen molar-refractivity contribution in [1.29, 1.82) is 0 Å². The third-order valence-corrected chi connectivity index (χ3v) is 0.600. The highest BCUT2D eigenvalue weighted by molar-refractivity contribution is 7.33. The first-order chi connectivity index (χ1) is 1.91. The molecule has 0 aromatic heterocycles. The molecule has 4 heavy (non-hydrogen) atoms. The van der Waals surface area contributed by atoms with Crippen molar-refractivity contribution in [2.75, 3.05) is 0 Å². The van der Waals surface area contributed by atoms with Crippen molar-refractivity contribution in [3.8, 4) is 0 Å². The molecule has 0 amide bonds. The lowest BCUT2D eigenvalue weighted by molar-refractivity contribution is 1.95. The van der Waals surface area contributed by atoms with Crippen molar-refractivity contribution in [2.45, 2.75) is 0 Å². The summed E-state index contributed by atoms with van der Waals surface area (Å²) in [6.45, 7) is 0. The molecule has 0 bridgehead atoms. The van der Waals surface area contributed by atoms with Gasteiger partial charge in [-0.15, -0.1) is 0 Å². The van der Waals surface area contributed by atoms with Gasteiger partial charge in [-0.25, -0.2) is 4.52 Å². The largest absolute Gasteiger partial charge is 0.269 e. The molecule has 1 unspecified atom stereocenters. The molecule has 2 N–H and O–H groups in total. The number of nitrogens with two attached hydrogens (primary N) is 1. The smallest absolute Gasteiger partial charge is 0.0907 e. The summed E-state index contributed by atoms with van der Waals surface area (Å²) in [7, 11) is 2.73. The maximum Gasteiger partial charge on any atom is 0.0907 e. The first-order valence-corrected chi connectivity index (χ1v) is 2.15. The highest BCUT2D eigenvalue weighted by atomic mass is 31.1. The molecule has 0 rings (SSSR count). The van der Waals surface area contributed by atoms with Crippen LogP contribution in [0.15, 0.2) is 4.52 Å². The second kappa shape index (κ2) is 3.49. The zero-order valence-electron chi connectivity index (χ0n) is 2.05. The molecule has 2 nitrogen and oxygen atoms in total. The lowest BCUT2D eigenvalue weighted by Gasteiger charge is -1.52.